The molecule has 1 aromatic rings. The maximum Gasteiger partial charge on any atom is 0.224 e. The topological polar surface area (TPSA) is 83.5 Å². The summed E-state index contributed by atoms with van der Waals surface area (Å²) in [6.45, 7) is 3.41. The Morgan fingerprint density at radius 2 is 2.15 bits per heavy atom. The number of phenolic OH excluding ortho intramolecular Hbond substituents is 1. The van der Waals surface area contributed by atoms with E-state index in [1.54, 1.807) is 32.0 Å². The average Bonchev–Trinajstić information content (AvgIpc) is 2.61. The molecule has 6 heteroatoms. The molecule has 0 unspecified atom stereocenters. The molecule has 1 heterocycles. The first kappa shape index (κ1) is 14.8. The number of rotatable bonds is 3. The molecule has 1 saturated heterocycles. The zero-order chi connectivity index (χ0) is 14.9. The van der Waals surface area contributed by atoms with Crippen molar-refractivity contribution in [2.75, 3.05) is 5.75 Å². The number of carbonyl (C=O) groups excluding carboxylic acids is 1. The van der Waals surface area contributed by atoms with Crippen molar-refractivity contribution in [3.63, 3.8) is 0 Å². The molecule has 5 nitrogen and oxygen atoms in total. The summed E-state index contributed by atoms with van der Waals surface area (Å²) in [5.41, 5.74) is 1.46. The summed E-state index contributed by atoms with van der Waals surface area (Å²) in [6.07, 6.45) is 0.603. The highest BCUT2D eigenvalue weighted by molar-refractivity contribution is 7.92. The highest BCUT2D eigenvalue weighted by atomic mass is 32.2. The van der Waals surface area contributed by atoms with Gasteiger partial charge in [0, 0.05) is 6.04 Å². The molecule has 1 aromatic carbocycles. The van der Waals surface area contributed by atoms with E-state index < -0.39 is 15.1 Å². The molecular formula is C14H19NO4S. The van der Waals surface area contributed by atoms with Crippen LogP contribution in [0.2, 0.25) is 0 Å². The third-order valence-electron chi connectivity index (χ3n) is 3.83. The van der Waals surface area contributed by atoms with Crippen LogP contribution in [0.15, 0.2) is 18.2 Å². The minimum absolute atomic E-state index is 0.129. The van der Waals surface area contributed by atoms with E-state index in [2.05, 4.69) is 5.32 Å². The summed E-state index contributed by atoms with van der Waals surface area (Å²) in [5.74, 6) is 0.0686. The van der Waals surface area contributed by atoms with Gasteiger partial charge in [0.15, 0.2) is 9.84 Å². The van der Waals surface area contributed by atoms with Crippen molar-refractivity contribution in [2.24, 2.45) is 0 Å². The quantitative estimate of drug-likeness (QED) is 0.869. The SMILES string of the molecule is Cc1ccc(CC(=O)N[C@H]2CCS(=O)(=O)[C@H]2C)cc1O. The van der Waals surface area contributed by atoms with Gasteiger partial charge in [-0.2, -0.15) is 0 Å². The molecule has 20 heavy (non-hydrogen) atoms. The maximum atomic E-state index is 11.9. The largest absolute Gasteiger partial charge is 0.508 e. The lowest BCUT2D eigenvalue weighted by Gasteiger charge is -2.16. The van der Waals surface area contributed by atoms with E-state index in [9.17, 15) is 18.3 Å². The van der Waals surface area contributed by atoms with Crippen molar-refractivity contribution < 1.29 is 18.3 Å². The lowest BCUT2D eigenvalue weighted by Crippen LogP contribution is -2.41. The van der Waals surface area contributed by atoms with Crippen molar-refractivity contribution >= 4 is 15.7 Å². The lowest BCUT2D eigenvalue weighted by molar-refractivity contribution is -0.121. The molecule has 0 aromatic heterocycles. The van der Waals surface area contributed by atoms with Crippen LogP contribution < -0.4 is 5.32 Å². The van der Waals surface area contributed by atoms with Crippen LogP contribution in [0.5, 0.6) is 5.75 Å². The Bertz CT molecular complexity index is 624. The van der Waals surface area contributed by atoms with Gasteiger partial charge in [-0.3, -0.25) is 4.79 Å². The van der Waals surface area contributed by atoms with Crippen molar-refractivity contribution in [1.29, 1.82) is 0 Å². The minimum Gasteiger partial charge on any atom is -0.508 e. The summed E-state index contributed by atoms with van der Waals surface area (Å²) in [4.78, 5) is 11.9. The van der Waals surface area contributed by atoms with Crippen LogP contribution in [-0.2, 0) is 21.1 Å². The van der Waals surface area contributed by atoms with Crippen LogP contribution in [0.1, 0.15) is 24.5 Å². The normalized spacial score (nSPS) is 24.5. The Kier molecular flexibility index (Phi) is 4.04. The van der Waals surface area contributed by atoms with Gasteiger partial charge in [0.1, 0.15) is 5.75 Å². The zero-order valence-electron chi connectivity index (χ0n) is 11.6. The van der Waals surface area contributed by atoms with E-state index >= 15 is 0 Å². The average molecular weight is 297 g/mol. The lowest BCUT2D eigenvalue weighted by atomic mass is 10.1. The van der Waals surface area contributed by atoms with Gasteiger partial charge in [0.25, 0.3) is 0 Å². The first-order chi connectivity index (χ1) is 9.29. The molecule has 1 aliphatic rings. The number of nitrogens with one attached hydrogen (secondary N) is 1. The summed E-state index contributed by atoms with van der Waals surface area (Å²) in [6, 6.07) is 4.78. The number of amides is 1. The monoisotopic (exact) mass is 297 g/mol. The fourth-order valence-corrected chi connectivity index (χ4v) is 4.02. The first-order valence-electron chi connectivity index (χ1n) is 6.59. The van der Waals surface area contributed by atoms with Crippen LogP contribution in [0.4, 0.5) is 0 Å². The molecule has 0 radical (unpaired) electrons. The van der Waals surface area contributed by atoms with Crippen LogP contribution in [0, 0.1) is 6.92 Å². The Morgan fingerprint density at radius 3 is 2.70 bits per heavy atom. The molecule has 2 rings (SSSR count). The molecule has 1 fully saturated rings. The van der Waals surface area contributed by atoms with Crippen molar-refractivity contribution in [3.8, 4) is 5.75 Å². The Labute approximate surface area is 118 Å². The molecule has 0 aliphatic carbocycles. The number of carbonyl (C=O) groups is 1. The smallest absolute Gasteiger partial charge is 0.224 e. The summed E-state index contributed by atoms with van der Waals surface area (Å²) >= 11 is 0. The van der Waals surface area contributed by atoms with Crippen molar-refractivity contribution in [1.82, 2.24) is 5.32 Å². The molecule has 0 saturated carbocycles. The standard InChI is InChI=1S/C14H19NO4S/c1-9-3-4-11(7-13(9)16)8-14(17)15-12-5-6-20(18,19)10(12)2/h3-4,7,10,12,16H,5-6,8H2,1-2H3,(H,15,17)/t10-,12-/m0/s1. The molecule has 1 aliphatic heterocycles. The minimum atomic E-state index is -3.06. The van der Waals surface area contributed by atoms with Gasteiger partial charge >= 0.3 is 0 Å². The third-order valence-corrected chi connectivity index (χ3v) is 6.10. The Morgan fingerprint density at radius 1 is 1.45 bits per heavy atom. The second-order valence-electron chi connectivity index (χ2n) is 5.33. The maximum absolute atomic E-state index is 11.9. The number of sulfone groups is 1. The van der Waals surface area contributed by atoms with Crippen molar-refractivity contribution in [2.45, 2.75) is 38.0 Å². The van der Waals surface area contributed by atoms with Gasteiger partial charge in [-0.1, -0.05) is 12.1 Å². The van der Waals surface area contributed by atoms with Gasteiger partial charge in [-0.05, 0) is 37.5 Å². The van der Waals surface area contributed by atoms with Crippen LogP contribution in [0.3, 0.4) is 0 Å². The summed E-state index contributed by atoms with van der Waals surface area (Å²) < 4.78 is 23.2. The second-order valence-corrected chi connectivity index (χ2v) is 7.81. The predicted octanol–water partition coefficient (Wildman–Crippen LogP) is 0.935. The molecule has 1 amide bonds. The Balaban J connectivity index is 1.98. The number of hydrogen-bond donors (Lipinski definition) is 2. The molecule has 0 bridgehead atoms. The van der Waals surface area contributed by atoms with Gasteiger partial charge in [0.2, 0.25) is 5.91 Å². The third kappa shape index (κ3) is 3.12. The molecule has 2 N–H and O–H groups in total. The molecule has 2 atom stereocenters. The first-order valence-corrected chi connectivity index (χ1v) is 8.30. The number of hydrogen-bond acceptors (Lipinski definition) is 4. The van der Waals surface area contributed by atoms with E-state index in [1.807, 2.05) is 0 Å². The van der Waals surface area contributed by atoms with E-state index in [1.165, 1.54) is 0 Å². The summed E-state index contributed by atoms with van der Waals surface area (Å²) in [7, 11) is -3.06. The zero-order valence-corrected chi connectivity index (χ0v) is 12.4. The fraction of sp³-hybridized carbons (Fsp3) is 0.500. The molecule has 110 valence electrons. The van der Waals surface area contributed by atoms with E-state index in [0.717, 1.165) is 5.56 Å². The number of aryl methyl sites for hydroxylation is 1. The van der Waals surface area contributed by atoms with Gasteiger partial charge in [0.05, 0.1) is 17.4 Å². The summed E-state index contributed by atoms with van der Waals surface area (Å²) in [5, 5.41) is 11.8. The van der Waals surface area contributed by atoms with E-state index in [-0.39, 0.29) is 29.9 Å². The molecular weight excluding hydrogens is 278 g/mol. The predicted molar refractivity (Wildman–Crippen MR) is 76.3 cm³/mol. The van der Waals surface area contributed by atoms with Gasteiger partial charge in [-0.25, -0.2) is 8.42 Å². The van der Waals surface area contributed by atoms with Crippen molar-refractivity contribution in [3.05, 3.63) is 29.3 Å². The number of phenols is 1. The number of benzene rings is 1. The number of aromatic hydroxyl groups is 1. The Hall–Kier alpha value is -1.56. The van der Waals surface area contributed by atoms with Gasteiger partial charge < -0.3 is 10.4 Å². The van der Waals surface area contributed by atoms with Gasteiger partial charge in [-0.15, -0.1) is 0 Å². The highest BCUT2D eigenvalue weighted by Crippen LogP contribution is 2.21. The van der Waals surface area contributed by atoms with E-state index in [0.29, 0.717) is 12.0 Å². The van der Waals surface area contributed by atoms with E-state index in [4.69, 9.17) is 0 Å². The van der Waals surface area contributed by atoms with Crippen LogP contribution in [0.25, 0.3) is 0 Å². The molecule has 0 spiro atoms. The second kappa shape index (κ2) is 5.44. The van der Waals surface area contributed by atoms with Crippen LogP contribution in [-0.4, -0.2) is 36.5 Å². The van der Waals surface area contributed by atoms with Crippen LogP contribution >= 0.6 is 0 Å². The highest BCUT2D eigenvalue weighted by Gasteiger charge is 2.37. The fourth-order valence-electron chi connectivity index (χ4n) is 2.36.